The predicted molar refractivity (Wildman–Crippen MR) is 86.7 cm³/mol. The predicted octanol–water partition coefficient (Wildman–Crippen LogP) is 1.74. The van der Waals surface area contributed by atoms with E-state index in [1.165, 1.54) is 0 Å². The molecule has 1 aromatic carbocycles. The minimum Gasteiger partial charge on any atom is -0.411 e. The van der Waals surface area contributed by atoms with Gasteiger partial charge in [0.15, 0.2) is 5.69 Å². The molecule has 0 saturated carbocycles. The summed E-state index contributed by atoms with van der Waals surface area (Å²) < 4.78 is 4.72. The van der Waals surface area contributed by atoms with E-state index in [1.54, 1.807) is 6.21 Å². The van der Waals surface area contributed by atoms with Gasteiger partial charge in [0, 0.05) is 32.6 Å². The van der Waals surface area contributed by atoms with Crippen LogP contribution in [0.3, 0.4) is 0 Å². The van der Waals surface area contributed by atoms with E-state index in [-0.39, 0.29) is 0 Å². The maximum Gasteiger partial charge on any atom is 0.160 e. The first-order chi connectivity index (χ1) is 11.2. The first-order valence-corrected chi connectivity index (χ1v) is 7.10. The fourth-order valence-corrected chi connectivity index (χ4v) is 2.26. The summed E-state index contributed by atoms with van der Waals surface area (Å²) in [6, 6.07) is 7.89. The Kier molecular flexibility index (Phi) is 4.13. The molecule has 0 amide bonds. The van der Waals surface area contributed by atoms with Gasteiger partial charge < -0.3 is 10.1 Å². The van der Waals surface area contributed by atoms with Crippen LogP contribution >= 0.6 is 0 Å². The van der Waals surface area contributed by atoms with Gasteiger partial charge in [-0.25, -0.2) is 4.63 Å². The molecule has 2 aromatic rings. The van der Waals surface area contributed by atoms with E-state index >= 15 is 0 Å². The first-order valence-electron chi connectivity index (χ1n) is 7.10. The van der Waals surface area contributed by atoms with Gasteiger partial charge in [-0.3, -0.25) is 0 Å². The maximum absolute atomic E-state index is 9.10. The highest BCUT2D eigenvalue weighted by Gasteiger charge is 2.27. The molecule has 0 unspecified atom stereocenters. The summed E-state index contributed by atoms with van der Waals surface area (Å²) in [6.45, 7) is 0. The average Bonchev–Trinajstić information content (AvgIpc) is 3.04. The lowest BCUT2D eigenvalue weighted by Crippen LogP contribution is -2.23. The number of rotatable bonds is 3. The highest BCUT2D eigenvalue weighted by molar-refractivity contribution is 6.48. The third-order valence-electron chi connectivity index (χ3n) is 3.55. The maximum atomic E-state index is 9.10. The second-order valence-electron chi connectivity index (χ2n) is 5.29. The summed E-state index contributed by atoms with van der Waals surface area (Å²) >= 11 is 0. The van der Waals surface area contributed by atoms with E-state index in [9.17, 15) is 0 Å². The van der Waals surface area contributed by atoms with Crippen molar-refractivity contribution in [2.75, 3.05) is 19.0 Å². The summed E-state index contributed by atoms with van der Waals surface area (Å²) in [4.78, 5) is 2.02. The Balaban J connectivity index is 1.84. The molecule has 1 aromatic heterocycles. The van der Waals surface area contributed by atoms with Crippen molar-refractivity contribution in [3.63, 3.8) is 0 Å². The van der Waals surface area contributed by atoms with Crippen LogP contribution < -0.4 is 4.90 Å². The van der Waals surface area contributed by atoms with E-state index in [0.717, 1.165) is 11.3 Å². The highest BCUT2D eigenvalue weighted by Crippen LogP contribution is 2.17. The minimum atomic E-state index is 0.385. The van der Waals surface area contributed by atoms with Crippen LogP contribution in [0.5, 0.6) is 0 Å². The number of benzene rings is 1. The van der Waals surface area contributed by atoms with Gasteiger partial charge in [0.2, 0.25) is 0 Å². The number of hydrogen-bond donors (Lipinski definition) is 1. The molecule has 8 heteroatoms. The van der Waals surface area contributed by atoms with Crippen LogP contribution in [-0.2, 0) is 6.42 Å². The molecule has 1 aliphatic rings. The van der Waals surface area contributed by atoms with Crippen molar-refractivity contribution < 1.29 is 9.84 Å². The zero-order chi connectivity index (χ0) is 16.2. The van der Waals surface area contributed by atoms with Gasteiger partial charge in [-0.1, -0.05) is 22.4 Å². The number of hydrogen-bond acceptors (Lipinski definition) is 8. The van der Waals surface area contributed by atoms with Crippen LogP contribution in [0.1, 0.15) is 23.4 Å². The van der Waals surface area contributed by atoms with Crippen molar-refractivity contribution in [3.05, 3.63) is 41.2 Å². The highest BCUT2D eigenvalue weighted by atomic mass is 16.6. The van der Waals surface area contributed by atoms with Crippen molar-refractivity contribution in [1.29, 1.82) is 0 Å². The lowest BCUT2D eigenvalue weighted by molar-refractivity contribution is 0.303. The number of nitrogens with zero attached hydrogens (tertiary/aromatic N) is 6. The Morgan fingerprint density at radius 1 is 1.17 bits per heavy atom. The molecule has 23 heavy (non-hydrogen) atoms. The smallest absolute Gasteiger partial charge is 0.160 e. The summed E-state index contributed by atoms with van der Waals surface area (Å²) in [7, 11) is 3.97. The molecule has 8 nitrogen and oxygen atoms in total. The number of aryl methyl sites for hydroxylation is 1. The molecule has 0 fully saturated rings. The number of anilines is 1. The molecule has 0 atom stereocenters. The molecule has 0 radical (unpaired) electrons. The Bertz CT molecular complexity index is 774. The number of fused-ring (bicyclic) bond motifs is 1. The van der Waals surface area contributed by atoms with Gasteiger partial charge >= 0.3 is 0 Å². The zero-order valence-electron chi connectivity index (χ0n) is 12.8. The fraction of sp³-hybridized carbons (Fsp3) is 0.267. The number of oxime groups is 1. The molecule has 1 N–H and O–H groups in total. The van der Waals surface area contributed by atoms with Crippen molar-refractivity contribution in [2.24, 2.45) is 15.4 Å². The normalized spacial score (nSPS) is 17.8. The van der Waals surface area contributed by atoms with Crippen molar-refractivity contribution in [1.82, 2.24) is 10.3 Å². The summed E-state index contributed by atoms with van der Waals surface area (Å²) in [5.41, 5.74) is 4.00. The second-order valence-corrected chi connectivity index (χ2v) is 5.29. The van der Waals surface area contributed by atoms with Crippen LogP contribution in [0, 0.1) is 0 Å². The lowest BCUT2D eigenvalue weighted by atomic mass is 9.97. The van der Waals surface area contributed by atoms with Gasteiger partial charge in [0.1, 0.15) is 17.1 Å². The standard InChI is InChI=1S/C15H16N6O2/c1-21(2)11-5-3-10(4-6-11)9-16-17-14-12(18-22)7-8-13-15(14)20-23-19-13/h3-6,9,22H,7-8H2,1-2H3/b16-9?,17-14+,18-12+. The summed E-state index contributed by atoms with van der Waals surface area (Å²) in [5.74, 6) is 0. The van der Waals surface area contributed by atoms with Gasteiger partial charge in [0.05, 0.1) is 6.21 Å². The Labute approximate surface area is 132 Å². The topological polar surface area (TPSA) is 99.5 Å². The third kappa shape index (κ3) is 3.10. The molecule has 0 bridgehead atoms. The zero-order valence-corrected chi connectivity index (χ0v) is 12.8. The Morgan fingerprint density at radius 2 is 1.96 bits per heavy atom. The largest absolute Gasteiger partial charge is 0.411 e. The molecule has 0 saturated heterocycles. The van der Waals surface area contributed by atoms with Crippen LogP contribution in [0.2, 0.25) is 0 Å². The van der Waals surface area contributed by atoms with Gasteiger partial charge in [-0.2, -0.15) is 5.10 Å². The third-order valence-corrected chi connectivity index (χ3v) is 3.55. The molecular weight excluding hydrogens is 296 g/mol. The quantitative estimate of drug-likeness (QED) is 0.528. The van der Waals surface area contributed by atoms with Crippen LogP contribution in [0.25, 0.3) is 0 Å². The van der Waals surface area contributed by atoms with E-state index in [2.05, 4.69) is 25.7 Å². The molecule has 1 aliphatic carbocycles. The Morgan fingerprint density at radius 3 is 2.65 bits per heavy atom. The van der Waals surface area contributed by atoms with E-state index in [1.807, 2.05) is 43.3 Å². The van der Waals surface area contributed by atoms with E-state index in [0.29, 0.717) is 35.7 Å². The Hall–Kier alpha value is -3.03. The second kappa shape index (κ2) is 6.39. The summed E-state index contributed by atoms with van der Waals surface area (Å²) in [5, 5.41) is 28.2. The molecule has 0 aliphatic heterocycles. The molecular formula is C15H16N6O2. The van der Waals surface area contributed by atoms with Gasteiger partial charge in [0.25, 0.3) is 0 Å². The van der Waals surface area contributed by atoms with Crippen molar-refractivity contribution in [3.8, 4) is 0 Å². The number of aromatic nitrogens is 2. The minimum absolute atomic E-state index is 0.385. The molecule has 118 valence electrons. The fourth-order valence-electron chi connectivity index (χ4n) is 2.26. The van der Waals surface area contributed by atoms with Crippen LogP contribution in [0.4, 0.5) is 5.69 Å². The SMILES string of the molecule is CN(C)c1ccc(C=N/N=C2\C(=N\O)CCc3nonc32)cc1. The van der Waals surface area contributed by atoms with Gasteiger partial charge in [-0.05, 0) is 22.9 Å². The lowest BCUT2D eigenvalue weighted by Gasteiger charge is -2.11. The van der Waals surface area contributed by atoms with E-state index in [4.69, 9.17) is 9.84 Å². The molecule has 1 heterocycles. The summed E-state index contributed by atoms with van der Waals surface area (Å²) in [6.07, 6.45) is 2.75. The van der Waals surface area contributed by atoms with Gasteiger partial charge in [-0.15, -0.1) is 5.10 Å². The van der Waals surface area contributed by atoms with Crippen LogP contribution in [0.15, 0.2) is 44.3 Å². The molecule has 0 spiro atoms. The first kappa shape index (κ1) is 14.9. The average molecular weight is 312 g/mol. The monoisotopic (exact) mass is 312 g/mol. The van der Waals surface area contributed by atoms with Crippen molar-refractivity contribution >= 4 is 23.3 Å². The van der Waals surface area contributed by atoms with Crippen LogP contribution in [-0.4, -0.2) is 47.3 Å². The van der Waals surface area contributed by atoms with E-state index < -0.39 is 0 Å². The van der Waals surface area contributed by atoms with Crippen molar-refractivity contribution in [2.45, 2.75) is 12.8 Å². The molecule has 3 rings (SSSR count).